The van der Waals surface area contributed by atoms with Gasteiger partial charge >= 0.3 is 0 Å². The third-order valence-electron chi connectivity index (χ3n) is 1.15. The van der Waals surface area contributed by atoms with Gasteiger partial charge in [0, 0.05) is 25.8 Å². The van der Waals surface area contributed by atoms with Gasteiger partial charge in [-0.1, -0.05) is 45.8 Å². The molecule has 0 N–H and O–H groups in total. The Morgan fingerprint density at radius 2 is 1.80 bits per heavy atom. The second kappa shape index (κ2) is 6.24. The van der Waals surface area contributed by atoms with E-state index in [0.717, 1.165) is 8.58 Å². The summed E-state index contributed by atoms with van der Waals surface area (Å²) in [6.07, 6.45) is 1.27. The van der Waals surface area contributed by atoms with E-state index in [0.29, 0.717) is 0 Å². The zero-order chi connectivity index (χ0) is 6.53. The van der Waals surface area contributed by atoms with Crippen LogP contribution in [0.2, 0.25) is 0 Å². The van der Waals surface area contributed by atoms with E-state index < -0.39 is 0 Å². The Labute approximate surface area is 83.0 Å². The van der Waals surface area contributed by atoms with E-state index >= 15 is 0 Å². The molecule has 51 valence electrons. The van der Waals surface area contributed by atoms with Crippen molar-refractivity contribution in [3.8, 4) is 0 Å². The molecule has 1 atom stereocenters. The molecule has 1 unspecified atom stereocenters. The van der Waals surface area contributed by atoms with Crippen molar-refractivity contribution in [2.24, 2.45) is 0 Å². The van der Waals surface area contributed by atoms with Crippen molar-refractivity contribution in [1.29, 1.82) is 0 Å². The average molecular weight is 183 g/mol. The molecule has 0 saturated heterocycles. The standard InChI is InChI=1S/C8H11P.Sc/c1-2-9-8-6-4-3-5-7-8;/h3-7,9H,2H2,1H3;. The summed E-state index contributed by atoms with van der Waals surface area (Å²) in [5.74, 6) is 0. The van der Waals surface area contributed by atoms with Crippen molar-refractivity contribution in [3.63, 3.8) is 0 Å². The SMILES string of the molecule is CCPc1ccccc1.[Sc]. The minimum Gasteiger partial charge on any atom is -0.0907 e. The Kier molecular flexibility index (Phi) is 6.57. The fraction of sp³-hybridized carbons (Fsp3) is 0.250. The van der Waals surface area contributed by atoms with Gasteiger partial charge in [-0.05, 0) is 11.5 Å². The first-order valence-electron chi connectivity index (χ1n) is 3.22. The smallest absolute Gasteiger partial charge is 0 e. The summed E-state index contributed by atoms with van der Waals surface area (Å²) >= 11 is 0. The minimum absolute atomic E-state index is 0. The van der Waals surface area contributed by atoms with Crippen LogP contribution in [-0.4, -0.2) is 6.16 Å². The van der Waals surface area contributed by atoms with Crippen LogP contribution in [0.5, 0.6) is 0 Å². The summed E-state index contributed by atoms with van der Waals surface area (Å²) in [6, 6.07) is 10.6. The van der Waals surface area contributed by atoms with E-state index in [1.165, 1.54) is 11.5 Å². The first-order valence-corrected chi connectivity index (χ1v) is 4.43. The van der Waals surface area contributed by atoms with Crippen molar-refractivity contribution in [3.05, 3.63) is 30.3 Å². The topological polar surface area (TPSA) is 0 Å². The Hall–Kier alpha value is 0.520. The summed E-state index contributed by atoms with van der Waals surface area (Å²) in [6.45, 7) is 2.21. The summed E-state index contributed by atoms with van der Waals surface area (Å²) < 4.78 is 0. The number of hydrogen-bond acceptors (Lipinski definition) is 0. The Morgan fingerprint density at radius 1 is 1.20 bits per heavy atom. The molecule has 10 heavy (non-hydrogen) atoms. The maximum atomic E-state index is 2.21. The van der Waals surface area contributed by atoms with E-state index in [9.17, 15) is 0 Å². The molecule has 1 aromatic rings. The first-order chi connectivity index (χ1) is 4.43. The van der Waals surface area contributed by atoms with Gasteiger partial charge in [-0.2, -0.15) is 0 Å². The van der Waals surface area contributed by atoms with E-state index in [4.69, 9.17) is 0 Å². The Bertz CT molecular complexity index is 162. The molecule has 0 heterocycles. The van der Waals surface area contributed by atoms with E-state index in [-0.39, 0.29) is 25.8 Å². The molecule has 0 aliphatic heterocycles. The normalized spacial score (nSPS) is 9.70. The molecule has 0 spiro atoms. The van der Waals surface area contributed by atoms with Gasteiger partial charge in [0.05, 0.1) is 0 Å². The number of benzene rings is 1. The summed E-state index contributed by atoms with van der Waals surface area (Å²) in [4.78, 5) is 0. The van der Waals surface area contributed by atoms with Gasteiger partial charge in [-0.15, -0.1) is 0 Å². The van der Waals surface area contributed by atoms with Gasteiger partial charge in [-0.25, -0.2) is 0 Å². The van der Waals surface area contributed by atoms with Gasteiger partial charge < -0.3 is 0 Å². The van der Waals surface area contributed by atoms with Crippen LogP contribution in [0, 0.1) is 0 Å². The molecular formula is C8H11PSc. The molecule has 2 heteroatoms. The van der Waals surface area contributed by atoms with Crippen molar-refractivity contribution in [2.45, 2.75) is 6.92 Å². The molecule has 0 bridgehead atoms. The fourth-order valence-electron chi connectivity index (χ4n) is 0.760. The van der Waals surface area contributed by atoms with Crippen LogP contribution in [0.4, 0.5) is 0 Å². The fourth-order valence-corrected chi connectivity index (χ4v) is 1.60. The van der Waals surface area contributed by atoms with E-state index in [2.05, 4.69) is 37.3 Å². The van der Waals surface area contributed by atoms with E-state index in [1.54, 1.807) is 0 Å². The van der Waals surface area contributed by atoms with Gasteiger partial charge in [-0.3, -0.25) is 0 Å². The van der Waals surface area contributed by atoms with Crippen LogP contribution in [0.3, 0.4) is 0 Å². The largest absolute Gasteiger partial charge is 0.0907 e. The number of rotatable bonds is 2. The molecule has 1 aromatic carbocycles. The van der Waals surface area contributed by atoms with Crippen molar-refractivity contribution >= 4 is 13.9 Å². The second-order valence-corrected chi connectivity index (χ2v) is 3.53. The van der Waals surface area contributed by atoms with Gasteiger partial charge in [0.1, 0.15) is 0 Å². The van der Waals surface area contributed by atoms with Crippen molar-refractivity contribution in [2.75, 3.05) is 6.16 Å². The zero-order valence-corrected chi connectivity index (χ0v) is 8.97. The van der Waals surface area contributed by atoms with Crippen LogP contribution in [-0.2, 0) is 25.8 Å². The van der Waals surface area contributed by atoms with Gasteiger partial charge in [0.2, 0.25) is 0 Å². The second-order valence-electron chi connectivity index (χ2n) is 1.90. The van der Waals surface area contributed by atoms with Crippen LogP contribution in [0.1, 0.15) is 6.92 Å². The summed E-state index contributed by atoms with van der Waals surface area (Å²) in [5.41, 5.74) is 0. The molecule has 1 radical (unpaired) electrons. The van der Waals surface area contributed by atoms with Crippen LogP contribution in [0.25, 0.3) is 0 Å². The molecular weight excluding hydrogens is 172 g/mol. The molecule has 0 aromatic heterocycles. The van der Waals surface area contributed by atoms with Crippen molar-refractivity contribution in [1.82, 2.24) is 0 Å². The van der Waals surface area contributed by atoms with Gasteiger partial charge in [0.25, 0.3) is 0 Å². The molecule has 0 aliphatic rings. The third kappa shape index (κ3) is 3.63. The molecule has 0 fully saturated rings. The predicted molar refractivity (Wildman–Crippen MR) is 44.9 cm³/mol. The monoisotopic (exact) mass is 183 g/mol. The average Bonchev–Trinajstić information content (AvgIpc) is 1.91. The number of hydrogen-bond donors (Lipinski definition) is 0. The Morgan fingerprint density at radius 3 is 2.30 bits per heavy atom. The first kappa shape index (κ1) is 10.5. The molecule has 0 saturated carbocycles. The Balaban J connectivity index is 0.000000810. The van der Waals surface area contributed by atoms with Crippen molar-refractivity contribution < 1.29 is 25.8 Å². The van der Waals surface area contributed by atoms with Crippen LogP contribution in [0.15, 0.2) is 30.3 Å². The maximum Gasteiger partial charge on any atom is 0 e. The zero-order valence-electron chi connectivity index (χ0n) is 6.17. The van der Waals surface area contributed by atoms with Crippen LogP contribution >= 0.6 is 8.58 Å². The van der Waals surface area contributed by atoms with E-state index in [1.807, 2.05) is 0 Å². The molecule has 0 nitrogen and oxygen atoms in total. The minimum atomic E-state index is 0. The molecule has 0 aliphatic carbocycles. The predicted octanol–water partition coefficient (Wildman–Crippen LogP) is 2.01. The quantitative estimate of drug-likeness (QED) is 0.615. The van der Waals surface area contributed by atoms with Gasteiger partial charge in [0.15, 0.2) is 0 Å². The maximum absolute atomic E-state index is 2.21. The summed E-state index contributed by atoms with van der Waals surface area (Å²) in [5, 5.41) is 1.47. The summed E-state index contributed by atoms with van der Waals surface area (Å²) in [7, 11) is 0.987. The third-order valence-corrected chi connectivity index (χ3v) is 2.25. The molecule has 0 amide bonds. The van der Waals surface area contributed by atoms with Crippen LogP contribution < -0.4 is 5.30 Å². The molecule has 1 rings (SSSR count).